The number of nitrogens with one attached hydrogen (secondary N) is 1. The molecule has 3 unspecified atom stereocenters. The highest BCUT2D eigenvalue weighted by Gasteiger charge is 2.54. The van der Waals surface area contributed by atoms with Crippen LogP contribution in [0.2, 0.25) is 0 Å². The molecular weight excluding hydrogens is 584 g/mol. The molecule has 1 heterocycles. The highest BCUT2D eigenvalue weighted by molar-refractivity contribution is 9.10. The van der Waals surface area contributed by atoms with Crippen LogP contribution in [-0.2, 0) is 36.8 Å². The Morgan fingerprint density at radius 2 is 1.56 bits per heavy atom. The number of halogens is 1. The van der Waals surface area contributed by atoms with Gasteiger partial charge in [0.15, 0.2) is 11.2 Å². The molecule has 1 fully saturated rings. The highest BCUT2D eigenvalue weighted by atomic mass is 79.9. The van der Waals surface area contributed by atoms with Crippen LogP contribution in [-0.4, -0.2) is 53.4 Å². The standard InChI is InChI=1S/C29H27BrN2O6S/c1-37-22-14-13-20(17-21(22)30)26(29(36)38-2)32-27(35)25(31-23(33)15-18-9-5-3-6-10-18)28(32)39-24(34)16-19-11-7-4-8-12-19/h3-14,17,25-26,28H,15-16H2,1-2H3,(H,31,33). The number of ether oxygens (including phenoxy) is 2. The Kier molecular flexibility index (Phi) is 9.42. The molecule has 0 bridgehead atoms. The Morgan fingerprint density at radius 3 is 2.13 bits per heavy atom. The summed E-state index contributed by atoms with van der Waals surface area (Å²) in [6.45, 7) is 0. The molecule has 0 saturated carbocycles. The lowest BCUT2D eigenvalue weighted by atomic mass is 9.97. The van der Waals surface area contributed by atoms with Crippen molar-refractivity contribution in [1.82, 2.24) is 10.2 Å². The third-order valence-electron chi connectivity index (χ3n) is 6.24. The van der Waals surface area contributed by atoms with Gasteiger partial charge in [-0.05, 0) is 44.8 Å². The quantitative estimate of drug-likeness (QED) is 0.273. The summed E-state index contributed by atoms with van der Waals surface area (Å²) in [5.74, 6) is -0.964. The number of amides is 2. The van der Waals surface area contributed by atoms with Crippen LogP contribution in [0.1, 0.15) is 22.7 Å². The van der Waals surface area contributed by atoms with Crippen LogP contribution in [0, 0.1) is 0 Å². The molecule has 3 aromatic rings. The molecular formula is C29H27BrN2O6S. The molecule has 3 atom stereocenters. The van der Waals surface area contributed by atoms with Gasteiger partial charge in [0.1, 0.15) is 17.2 Å². The predicted molar refractivity (Wildman–Crippen MR) is 151 cm³/mol. The van der Waals surface area contributed by atoms with Crippen molar-refractivity contribution in [2.24, 2.45) is 0 Å². The molecule has 1 aliphatic heterocycles. The van der Waals surface area contributed by atoms with Gasteiger partial charge in [0.25, 0.3) is 0 Å². The number of nitrogens with zero attached hydrogens (tertiary/aromatic N) is 1. The number of benzene rings is 3. The maximum absolute atomic E-state index is 13.5. The van der Waals surface area contributed by atoms with E-state index in [0.29, 0.717) is 15.8 Å². The smallest absolute Gasteiger partial charge is 0.333 e. The number of methoxy groups -OCH3 is 2. The molecule has 1 N–H and O–H groups in total. The van der Waals surface area contributed by atoms with E-state index in [9.17, 15) is 19.2 Å². The third kappa shape index (κ3) is 6.69. The van der Waals surface area contributed by atoms with E-state index in [1.54, 1.807) is 18.2 Å². The molecule has 1 aliphatic rings. The van der Waals surface area contributed by atoms with Gasteiger partial charge in [-0.2, -0.15) is 0 Å². The maximum Gasteiger partial charge on any atom is 0.333 e. The summed E-state index contributed by atoms with van der Waals surface area (Å²) in [5, 5.41) is 1.75. The first-order chi connectivity index (χ1) is 18.8. The summed E-state index contributed by atoms with van der Waals surface area (Å²) in [6, 6.07) is 21.2. The molecule has 1 saturated heterocycles. The minimum Gasteiger partial charge on any atom is -0.496 e. The molecule has 0 aromatic heterocycles. The van der Waals surface area contributed by atoms with Crippen LogP contribution in [0.3, 0.4) is 0 Å². The zero-order valence-corrected chi connectivity index (χ0v) is 23.7. The van der Waals surface area contributed by atoms with Crippen molar-refractivity contribution in [3.8, 4) is 5.75 Å². The Bertz CT molecular complexity index is 1350. The molecule has 0 spiro atoms. The number of rotatable bonds is 10. The van der Waals surface area contributed by atoms with E-state index in [4.69, 9.17) is 9.47 Å². The summed E-state index contributed by atoms with van der Waals surface area (Å²) < 4.78 is 10.9. The number of hydrogen-bond donors (Lipinski definition) is 1. The van der Waals surface area contributed by atoms with E-state index in [0.717, 1.165) is 22.9 Å². The predicted octanol–water partition coefficient (Wildman–Crippen LogP) is 4.07. The first-order valence-corrected chi connectivity index (χ1v) is 13.8. The first-order valence-electron chi connectivity index (χ1n) is 12.1. The van der Waals surface area contributed by atoms with Gasteiger partial charge >= 0.3 is 5.97 Å². The van der Waals surface area contributed by atoms with E-state index < -0.39 is 29.3 Å². The topological polar surface area (TPSA) is 102 Å². The number of carbonyl (C=O) groups excluding carboxylic acids is 4. The summed E-state index contributed by atoms with van der Waals surface area (Å²) in [6.07, 6.45) is 0.206. The fraction of sp³-hybridized carbons (Fsp3) is 0.241. The minimum absolute atomic E-state index is 0.0752. The average Bonchev–Trinajstić information content (AvgIpc) is 2.94. The molecule has 8 nitrogen and oxygen atoms in total. The Labute approximate surface area is 239 Å². The molecule has 2 amide bonds. The Balaban J connectivity index is 1.61. The normalized spacial score (nSPS) is 17.1. The zero-order chi connectivity index (χ0) is 27.9. The number of thioether (sulfide) groups is 1. The van der Waals surface area contributed by atoms with Gasteiger partial charge in [0.05, 0.1) is 25.1 Å². The van der Waals surface area contributed by atoms with Gasteiger partial charge in [-0.3, -0.25) is 14.4 Å². The number of hydrogen-bond acceptors (Lipinski definition) is 7. The molecule has 39 heavy (non-hydrogen) atoms. The number of carbonyl (C=O) groups is 4. The summed E-state index contributed by atoms with van der Waals surface area (Å²) in [4.78, 5) is 53.7. The van der Waals surface area contributed by atoms with Crippen LogP contribution in [0.4, 0.5) is 0 Å². The van der Waals surface area contributed by atoms with Crippen molar-refractivity contribution in [1.29, 1.82) is 0 Å². The lowest BCUT2D eigenvalue weighted by Gasteiger charge is -2.49. The molecule has 10 heteroatoms. The highest BCUT2D eigenvalue weighted by Crippen LogP contribution is 2.40. The molecule has 0 aliphatic carbocycles. The zero-order valence-electron chi connectivity index (χ0n) is 21.3. The van der Waals surface area contributed by atoms with Crippen LogP contribution in [0.5, 0.6) is 5.75 Å². The fourth-order valence-corrected chi connectivity index (χ4v) is 6.08. The van der Waals surface area contributed by atoms with Crippen LogP contribution >= 0.6 is 27.7 Å². The van der Waals surface area contributed by atoms with Gasteiger partial charge in [-0.15, -0.1) is 0 Å². The summed E-state index contributed by atoms with van der Waals surface area (Å²) in [5.41, 5.74) is 2.08. The second-order valence-corrected chi connectivity index (χ2v) is 10.8. The number of esters is 1. The van der Waals surface area contributed by atoms with Crippen molar-refractivity contribution >= 4 is 50.6 Å². The lowest BCUT2D eigenvalue weighted by Crippen LogP contribution is -2.71. The molecule has 202 valence electrons. The number of likely N-dealkylation sites (tertiary alicyclic amines) is 1. The Morgan fingerprint density at radius 1 is 0.949 bits per heavy atom. The average molecular weight is 612 g/mol. The monoisotopic (exact) mass is 610 g/mol. The van der Waals surface area contributed by atoms with E-state index >= 15 is 0 Å². The van der Waals surface area contributed by atoms with Crippen LogP contribution in [0.25, 0.3) is 0 Å². The molecule has 3 aromatic carbocycles. The first kappa shape index (κ1) is 28.4. The van der Waals surface area contributed by atoms with E-state index in [-0.39, 0.29) is 23.9 Å². The van der Waals surface area contributed by atoms with Crippen LogP contribution < -0.4 is 10.1 Å². The molecule has 4 rings (SSSR count). The molecule has 0 radical (unpaired) electrons. The maximum atomic E-state index is 13.5. The summed E-state index contributed by atoms with van der Waals surface area (Å²) >= 11 is 4.34. The van der Waals surface area contributed by atoms with Crippen molar-refractivity contribution in [2.45, 2.75) is 30.3 Å². The lowest BCUT2D eigenvalue weighted by molar-refractivity contribution is -0.164. The largest absolute Gasteiger partial charge is 0.496 e. The van der Waals surface area contributed by atoms with Gasteiger partial charge in [-0.25, -0.2) is 4.79 Å². The van der Waals surface area contributed by atoms with Crippen LogP contribution in [0.15, 0.2) is 83.3 Å². The van der Waals surface area contributed by atoms with Gasteiger partial charge in [-0.1, -0.05) is 78.5 Å². The Hall–Kier alpha value is -3.63. The number of β-lactam (4-membered cyclic amide) rings is 1. The SMILES string of the molecule is COC(=O)C(c1ccc(OC)c(Br)c1)N1C(=O)C(NC(=O)Cc2ccccc2)C1SC(=O)Cc1ccccc1. The van der Waals surface area contributed by atoms with Gasteiger partial charge in [0, 0.05) is 6.42 Å². The van der Waals surface area contributed by atoms with Crippen molar-refractivity contribution < 1.29 is 28.7 Å². The summed E-state index contributed by atoms with van der Waals surface area (Å²) in [7, 11) is 2.75. The van der Waals surface area contributed by atoms with Gasteiger partial charge < -0.3 is 19.7 Å². The van der Waals surface area contributed by atoms with Crippen molar-refractivity contribution in [3.63, 3.8) is 0 Å². The fourth-order valence-electron chi connectivity index (χ4n) is 4.34. The van der Waals surface area contributed by atoms with E-state index in [1.807, 2.05) is 60.7 Å². The minimum atomic E-state index is -1.13. The van der Waals surface area contributed by atoms with E-state index in [2.05, 4.69) is 21.2 Å². The van der Waals surface area contributed by atoms with Crippen molar-refractivity contribution in [3.05, 3.63) is 100 Å². The third-order valence-corrected chi connectivity index (χ3v) is 8.01. The second-order valence-electron chi connectivity index (χ2n) is 8.82. The second kappa shape index (κ2) is 12.9. The van der Waals surface area contributed by atoms with Crippen molar-refractivity contribution in [2.75, 3.05) is 14.2 Å². The van der Waals surface area contributed by atoms with Gasteiger partial charge in [0.2, 0.25) is 11.8 Å². The van der Waals surface area contributed by atoms with E-state index in [1.165, 1.54) is 19.1 Å².